The molecule has 1 unspecified atom stereocenters. The molecule has 1 aromatic carbocycles. The lowest BCUT2D eigenvalue weighted by Crippen LogP contribution is -2.19. The van der Waals surface area contributed by atoms with Crippen molar-refractivity contribution < 1.29 is 0 Å². The minimum absolute atomic E-state index is 0.706. The van der Waals surface area contributed by atoms with Gasteiger partial charge in [-0.05, 0) is 71.7 Å². The fourth-order valence-corrected chi connectivity index (χ4v) is 4.78. The monoisotopic (exact) mass is 495 g/mol. The summed E-state index contributed by atoms with van der Waals surface area (Å²) in [6.45, 7) is 6.88. The quantitative estimate of drug-likeness (QED) is 0.454. The number of aryl methyl sites for hydroxylation is 2. The van der Waals surface area contributed by atoms with Crippen LogP contribution in [0.5, 0.6) is 0 Å². The standard InChI is InChI=1S/C23H22IN5/c1-4-5-20-27-21-15(2)10-11-26-22(21)29(20)13-17-6-8-18(9-7-17)23(14-25)19(24)12-16(3)28-23/h6-12H,4-5,13H2,1-3H3. The number of nitrogens with zero attached hydrogens (tertiary/aromatic N) is 5. The summed E-state index contributed by atoms with van der Waals surface area (Å²) in [7, 11) is 0. The van der Waals surface area contributed by atoms with Crippen LogP contribution in [0.4, 0.5) is 0 Å². The van der Waals surface area contributed by atoms with Gasteiger partial charge in [0.1, 0.15) is 17.4 Å². The maximum atomic E-state index is 9.85. The van der Waals surface area contributed by atoms with Crippen molar-refractivity contribution in [2.45, 2.75) is 45.7 Å². The lowest BCUT2D eigenvalue weighted by Gasteiger charge is -2.20. The van der Waals surface area contributed by atoms with Crippen LogP contribution in [0.1, 0.15) is 42.8 Å². The second kappa shape index (κ2) is 7.71. The smallest absolute Gasteiger partial charge is 0.202 e. The van der Waals surface area contributed by atoms with Gasteiger partial charge in [0, 0.05) is 21.9 Å². The minimum atomic E-state index is -0.906. The Morgan fingerprint density at radius 3 is 2.55 bits per heavy atom. The molecule has 4 rings (SSSR count). The average molecular weight is 495 g/mol. The van der Waals surface area contributed by atoms with Gasteiger partial charge in [0.15, 0.2) is 5.65 Å². The first-order chi connectivity index (χ1) is 14.0. The van der Waals surface area contributed by atoms with E-state index >= 15 is 0 Å². The molecule has 0 aliphatic carbocycles. The molecule has 1 aliphatic rings. The van der Waals surface area contributed by atoms with Crippen molar-refractivity contribution >= 4 is 39.5 Å². The molecule has 146 valence electrons. The molecule has 1 aliphatic heterocycles. The maximum absolute atomic E-state index is 9.85. The van der Waals surface area contributed by atoms with Crippen molar-refractivity contribution in [3.8, 4) is 6.07 Å². The van der Waals surface area contributed by atoms with Crippen molar-refractivity contribution in [1.82, 2.24) is 14.5 Å². The second-order valence-corrected chi connectivity index (χ2v) is 8.59. The normalized spacial score (nSPS) is 18.6. The predicted molar refractivity (Wildman–Crippen MR) is 124 cm³/mol. The SMILES string of the molecule is CCCc1nc2c(C)ccnc2n1Cc1ccc(C2(C#N)N=C(C)C=C2I)cc1. The van der Waals surface area contributed by atoms with Crippen LogP contribution in [0.15, 0.2) is 51.2 Å². The van der Waals surface area contributed by atoms with Gasteiger partial charge in [-0.15, -0.1) is 0 Å². The van der Waals surface area contributed by atoms with Gasteiger partial charge < -0.3 is 4.57 Å². The zero-order chi connectivity index (χ0) is 20.6. The van der Waals surface area contributed by atoms with Crippen molar-refractivity contribution in [2.75, 3.05) is 0 Å². The molecule has 3 aromatic rings. The van der Waals surface area contributed by atoms with Gasteiger partial charge in [-0.2, -0.15) is 5.26 Å². The van der Waals surface area contributed by atoms with Crippen molar-refractivity contribution in [1.29, 1.82) is 5.26 Å². The highest BCUT2D eigenvalue weighted by atomic mass is 127. The van der Waals surface area contributed by atoms with E-state index in [0.717, 1.165) is 55.8 Å². The van der Waals surface area contributed by atoms with Crippen molar-refractivity contribution in [3.05, 3.63) is 68.7 Å². The number of nitriles is 1. The van der Waals surface area contributed by atoms with Gasteiger partial charge in [0.25, 0.3) is 0 Å². The highest BCUT2D eigenvalue weighted by Gasteiger charge is 2.38. The number of rotatable bonds is 5. The number of benzene rings is 1. The predicted octanol–water partition coefficient (Wildman–Crippen LogP) is 5.25. The van der Waals surface area contributed by atoms with Crippen LogP contribution in [0, 0.1) is 18.3 Å². The van der Waals surface area contributed by atoms with E-state index in [1.165, 1.54) is 0 Å². The van der Waals surface area contributed by atoms with Crippen molar-refractivity contribution in [3.63, 3.8) is 0 Å². The van der Waals surface area contributed by atoms with Gasteiger partial charge in [0.2, 0.25) is 5.54 Å². The molecule has 0 bridgehead atoms. The Labute approximate surface area is 184 Å². The molecule has 6 heteroatoms. The molecule has 2 aromatic heterocycles. The van der Waals surface area contributed by atoms with Crippen LogP contribution in [-0.4, -0.2) is 20.2 Å². The van der Waals surface area contributed by atoms with Gasteiger partial charge in [-0.1, -0.05) is 31.2 Å². The zero-order valence-corrected chi connectivity index (χ0v) is 18.9. The Hall–Kier alpha value is -2.53. The topological polar surface area (TPSA) is 66.9 Å². The number of aliphatic imine (C=N–C) groups is 1. The number of halogens is 1. The molecule has 0 radical (unpaired) electrons. The fourth-order valence-electron chi connectivity index (χ4n) is 3.78. The van der Waals surface area contributed by atoms with E-state index in [9.17, 15) is 5.26 Å². The first-order valence-corrected chi connectivity index (χ1v) is 10.8. The molecule has 0 fully saturated rings. The zero-order valence-electron chi connectivity index (χ0n) is 16.8. The van der Waals surface area contributed by atoms with E-state index in [2.05, 4.69) is 69.2 Å². The molecular weight excluding hydrogens is 473 g/mol. The molecule has 0 amide bonds. The van der Waals surface area contributed by atoms with Gasteiger partial charge >= 0.3 is 0 Å². The Morgan fingerprint density at radius 2 is 1.93 bits per heavy atom. The maximum Gasteiger partial charge on any atom is 0.202 e. The Kier molecular flexibility index (Phi) is 5.26. The summed E-state index contributed by atoms with van der Waals surface area (Å²) in [6, 6.07) is 12.6. The molecule has 0 saturated heterocycles. The van der Waals surface area contributed by atoms with Gasteiger partial charge in [-0.25, -0.2) is 9.97 Å². The molecule has 0 N–H and O–H groups in total. The second-order valence-electron chi connectivity index (χ2n) is 7.43. The molecule has 3 heterocycles. The van der Waals surface area contributed by atoms with Crippen LogP contribution in [0.25, 0.3) is 11.2 Å². The Balaban J connectivity index is 1.70. The first kappa shape index (κ1) is 19.8. The number of imidazole rings is 1. The fraction of sp³-hybridized carbons (Fsp3) is 0.304. The number of aromatic nitrogens is 3. The van der Waals surface area contributed by atoms with Crippen LogP contribution >= 0.6 is 22.6 Å². The summed E-state index contributed by atoms with van der Waals surface area (Å²) < 4.78 is 3.15. The van der Waals surface area contributed by atoms with E-state index < -0.39 is 5.54 Å². The number of fused-ring (bicyclic) bond motifs is 1. The third kappa shape index (κ3) is 3.38. The molecule has 1 atom stereocenters. The lowest BCUT2D eigenvalue weighted by atomic mass is 9.92. The largest absolute Gasteiger partial charge is 0.308 e. The molecule has 0 spiro atoms. The highest BCUT2D eigenvalue weighted by Crippen LogP contribution is 2.41. The number of hydrogen-bond acceptors (Lipinski definition) is 4. The van der Waals surface area contributed by atoms with Crippen molar-refractivity contribution in [2.24, 2.45) is 4.99 Å². The highest BCUT2D eigenvalue weighted by molar-refractivity contribution is 14.1. The summed E-state index contributed by atoms with van der Waals surface area (Å²) in [4.78, 5) is 14.1. The minimum Gasteiger partial charge on any atom is -0.308 e. The lowest BCUT2D eigenvalue weighted by molar-refractivity contribution is 0.713. The van der Waals surface area contributed by atoms with E-state index in [1.807, 2.05) is 37.4 Å². The third-order valence-corrected chi connectivity index (χ3v) is 6.38. The third-order valence-electron chi connectivity index (χ3n) is 5.29. The number of hydrogen-bond donors (Lipinski definition) is 0. The van der Waals surface area contributed by atoms with E-state index in [0.29, 0.717) is 6.54 Å². The summed E-state index contributed by atoms with van der Waals surface area (Å²) in [6.07, 6.45) is 5.77. The average Bonchev–Trinajstić information content (AvgIpc) is 3.21. The summed E-state index contributed by atoms with van der Waals surface area (Å²) in [5.74, 6) is 1.07. The summed E-state index contributed by atoms with van der Waals surface area (Å²) >= 11 is 2.22. The van der Waals surface area contributed by atoms with Crippen LogP contribution < -0.4 is 0 Å². The number of pyridine rings is 1. The first-order valence-electron chi connectivity index (χ1n) is 9.74. The molecule has 29 heavy (non-hydrogen) atoms. The Bertz CT molecular complexity index is 1180. The van der Waals surface area contributed by atoms with Gasteiger partial charge in [0.05, 0.1) is 6.54 Å². The van der Waals surface area contributed by atoms with Gasteiger partial charge in [-0.3, -0.25) is 4.99 Å². The molecular formula is C23H22IN5. The van der Waals surface area contributed by atoms with E-state index in [1.54, 1.807) is 0 Å². The number of allylic oxidation sites excluding steroid dienone is 1. The molecule has 5 nitrogen and oxygen atoms in total. The van der Waals surface area contributed by atoms with E-state index in [4.69, 9.17) is 4.98 Å². The Morgan fingerprint density at radius 1 is 1.17 bits per heavy atom. The van der Waals surface area contributed by atoms with E-state index in [-0.39, 0.29) is 0 Å². The summed E-state index contributed by atoms with van der Waals surface area (Å²) in [5, 5.41) is 9.85. The van der Waals surface area contributed by atoms with Crippen LogP contribution in [-0.2, 0) is 18.5 Å². The molecule has 0 saturated carbocycles. The van der Waals surface area contributed by atoms with Crippen LogP contribution in [0.2, 0.25) is 0 Å². The van der Waals surface area contributed by atoms with Crippen LogP contribution in [0.3, 0.4) is 0 Å². The summed E-state index contributed by atoms with van der Waals surface area (Å²) in [5.41, 5.74) is 5.09.